The third-order valence-corrected chi connectivity index (χ3v) is 4.29. The van der Waals surface area contributed by atoms with E-state index in [0.29, 0.717) is 17.1 Å². The van der Waals surface area contributed by atoms with E-state index in [4.69, 9.17) is 11.6 Å². The Kier molecular flexibility index (Phi) is 6.75. The summed E-state index contributed by atoms with van der Waals surface area (Å²) >= 11 is 5.84. The van der Waals surface area contributed by atoms with Crippen molar-refractivity contribution in [1.29, 1.82) is 0 Å². The fourth-order valence-corrected chi connectivity index (χ4v) is 2.64. The molecule has 0 heterocycles. The van der Waals surface area contributed by atoms with Gasteiger partial charge in [-0.2, -0.15) is 0 Å². The third kappa shape index (κ3) is 5.30. The number of halogens is 2. The van der Waals surface area contributed by atoms with E-state index in [1.165, 1.54) is 17.0 Å². The van der Waals surface area contributed by atoms with Gasteiger partial charge in [-0.3, -0.25) is 9.59 Å². The molecule has 0 fully saturated rings. The summed E-state index contributed by atoms with van der Waals surface area (Å²) in [5.41, 5.74) is 1.25. The van der Waals surface area contributed by atoms with E-state index in [9.17, 15) is 14.0 Å². The summed E-state index contributed by atoms with van der Waals surface area (Å²) in [6.07, 6.45) is 0. The monoisotopic (exact) mass is 376 g/mol. The van der Waals surface area contributed by atoms with Crippen molar-refractivity contribution in [3.63, 3.8) is 0 Å². The van der Waals surface area contributed by atoms with E-state index >= 15 is 0 Å². The van der Waals surface area contributed by atoms with E-state index < -0.39 is 6.04 Å². The second kappa shape index (κ2) is 8.81. The minimum Gasteiger partial charge on any atom is -0.340 e. The van der Waals surface area contributed by atoms with Crippen LogP contribution < -0.4 is 5.32 Å². The first-order valence-corrected chi connectivity index (χ1v) is 8.71. The fourth-order valence-electron chi connectivity index (χ4n) is 2.52. The normalized spacial score (nSPS) is 11.9. The molecule has 0 aliphatic rings. The first-order chi connectivity index (χ1) is 12.3. The van der Waals surface area contributed by atoms with Gasteiger partial charge in [0.15, 0.2) is 0 Å². The molecule has 0 bridgehead atoms. The zero-order valence-corrected chi connectivity index (χ0v) is 15.8. The number of hydrogen-bond acceptors (Lipinski definition) is 2. The van der Waals surface area contributed by atoms with Crippen LogP contribution in [0.3, 0.4) is 0 Å². The largest absolute Gasteiger partial charge is 0.340 e. The quantitative estimate of drug-likeness (QED) is 0.831. The van der Waals surface area contributed by atoms with Crippen LogP contribution in [0.15, 0.2) is 48.5 Å². The van der Waals surface area contributed by atoms with Crippen molar-refractivity contribution in [2.45, 2.75) is 26.4 Å². The van der Waals surface area contributed by atoms with Gasteiger partial charge < -0.3 is 10.2 Å². The first-order valence-electron chi connectivity index (χ1n) is 8.33. The van der Waals surface area contributed by atoms with Crippen molar-refractivity contribution >= 4 is 23.4 Å². The Bertz CT molecular complexity index is 760. The molecular weight excluding hydrogens is 355 g/mol. The van der Waals surface area contributed by atoms with Crippen molar-refractivity contribution in [2.75, 3.05) is 7.05 Å². The minimum atomic E-state index is -0.663. The lowest BCUT2D eigenvalue weighted by Gasteiger charge is -2.27. The predicted octanol–water partition coefficient (Wildman–Crippen LogP) is 3.89. The molecule has 2 rings (SSSR count). The Hall–Kier alpha value is -2.40. The van der Waals surface area contributed by atoms with Gasteiger partial charge >= 0.3 is 0 Å². The summed E-state index contributed by atoms with van der Waals surface area (Å²) in [7, 11) is 1.66. The van der Waals surface area contributed by atoms with Crippen LogP contribution >= 0.6 is 11.6 Å². The highest BCUT2D eigenvalue weighted by molar-refractivity contribution is 6.30. The maximum Gasteiger partial charge on any atom is 0.251 e. The highest BCUT2D eigenvalue weighted by Gasteiger charge is 2.27. The van der Waals surface area contributed by atoms with Crippen molar-refractivity contribution < 1.29 is 14.0 Å². The average molecular weight is 377 g/mol. The van der Waals surface area contributed by atoms with Crippen LogP contribution in [-0.4, -0.2) is 29.8 Å². The Morgan fingerprint density at radius 2 is 1.65 bits per heavy atom. The fraction of sp³-hybridized carbons (Fsp3) is 0.300. The van der Waals surface area contributed by atoms with Crippen molar-refractivity contribution in [2.24, 2.45) is 5.92 Å². The molecule has 6 heteroatoms. The molecule has 2 aromatic rings. The van der Waals surface area contributed by atoms with Crippen LogP contribution in [0.1, 0.15) is 29.8 Å². The number of nitrogens with one attached hydrogen (secondary N) is 1. The lowest BCUT2D eigenvalue weighted by Crippen LogP contribution is -2.50. The summed E-state index contributed by atoms with van der Waals surface area (Å²) in [4.78, 5) is 26.7. The molecule has 1 N–H and O–H groups in total. The molecule has 4 nitrogen and oxygen atoms in total. The SMILES string of the molecule is CC(C)C(NC(=O)c1ccc(Cl)cc1)C(=O)N(C)Cc1ccc(F)cc1. The second-order valence-electron chi connectivity index (χ2n) is 6.52. The number of likely N-dealkylation sites (N-methyl/N-ethyl adjacent to an activating group) is 1. The molecule has 0 aliphatic heterocycles. The maximum absolute atomic E-state index is 13.0. The summed E-state index contributed by atoms with van der Waals surface area (Å²) in [6, 6.07) is 11.8. The zero-order valence-electron chi connectivity index (χ0n) is 15.0. The molecule has 0 aliphatic carbocycles. The van der Waals surface area contributed by atoms with E-state index in [-0.39, 0.29) is 23.5 Å². The molecule has 2 amide bonds. The number of carbonyl (C=O) groups is 2. The Morgan fingerprint density at radius 3 is 2.19 bits per heavy atom. The van der Waals surface area contributed by atoms with Crippen LogP contribution in [0.4, 0.5) is 4.39 Å². The molecule has 2 aromatic carbocycles. The maximum atomic E-state index is 13.0. The number of hydrogen-bond donors (Lipinski definition) is 1. The van der Waals surface area contributed by atoms with Gasteiger partial charge in [0.05, 0.1) is 0 Å². The standard InChI is InChI=1S/C20H22ClFN2O2/c1-13(2)18(23-19(25)15-6-8-16(21)9-7-15)20(26)24(3)12-14-4-10-17(22)11-5-14/h4-11,13,18H,12H2,1-3H3,(H,23,25). The lowest BCUT2D eigenvalue weighted by molar-refractivity contribution is -0.133. The molecule has 26 heavy (non-hydrogen) atoms. The molecular formula is C20H22ClFN2O2. The lowest BCUT2D eigenvalue weighted by atomic mass is 10.0. The van der Waals surface area contributed by atoms with Crippen LogP contribution in [0.25, 0.3) is 0 Å². The third-order valence-electron chi connectivity index (χ3n) is 4.03. The molecule has 0 aromatic heterocycles. The van der Waals surface area contributed by atoms with Gasteiger partial charge in [-0.25, -0.2) is 4.39 Å². The van der Waals surface area contributed by atoms with Gasteiger partial charge in [0.1, 0.15) is 11.9 Å². The van der Waals surface area contributed by atoms with E-state index in [1.807, 2.05) is 13.8 Å². The Balaban J connectivity index is 2.07. The number of amides is 2. The summed E-state index contributed by atoms with van der Waals surface area (Å²) in [5.74, 6) is -0.942. The van der Waals surface area contributed by atoms with Crippen LogP contribution in [0, 0.1) is 11.7 Å². The molecule has 138 valence electrons. The van der Waals surface area contributed by atoms with Gasteiger partial charge in [0.2, 0.25) is 5.91 Å². The van der Waals surface area contributed by atoms with E-state index in [2.05, 4.69) is 5.32 Å². The van der Waals surface area contributed by atoms with E-state index in [1.54, 1.807) is 43.4 Å². The molecule has 0 radical (unpaired) electrons. The number of carbonyl (C=O) groups excluding carboxylic acids is 2. The first kappa shape index (κ1) is 19.9. The van der Waals surface area contributed by atoms with Crippen LogP contribution in [-0.2, 0) is 11.3 Å². The zero-order chi connectivity index (χ0) is 19.3. The van der Waals surface area contributed by atoms with Crippen LogP contribution in [0.2, 0.25) is 5.02 Å². The Morgan fingerprint density at radius 1 is 1.08 bits per heavy atom. The Labute approximate surface area is 158 Å². The van der Waals surface area contributed by atoms with Gasteiger partial charge in [-0.05, 0) is 47.9 Å². The van der Waals surface area contributed by atoms with Crippen LogP contribution in [0.5, 0.6) is 0 Å². The molecule has 0 saturated heterocycles. The summed E-state index contributed by atoms with van der Waals surface area (Å²) in [6.45, 7) is 4.08. The van der Waals surface area contributed by atoms with E-state index in [0.717, 1.165) is 5.56 Å². The second-order valence-corrected chi connectivity index (χ2v) is 6.96. The van der Waals surface area contributed by atoms with Crippen molar-refractivity contribution in [3.8, 4) is 0 Å². The summed E-state index contributed by atoms with van der Waals surface area (Å²) in [5, 5.41) is 3.33. The number of nitrogens with zero attached hydrogens (tertiary/aromatic N) is 1. The molecule has 0 spiro atoms. The molecule has 1 unspecified atom stereocenters. The highest BCUT2D eigenvalue weighted by Crippen LogP contribution is 2.13. The topological polar surface area (TPSA) is 49.4 Å². The van der Waals surface area contributed by atoms with Crippen molar-refractivity contribution in [3.05, 3.63) is 70.5 Å². The van der Waals surface area contributed by atoms with Gasteiger partial charge in [-0.1, -0.05) is 37.6 Å². The highest BCUT2D eigenvalue weighted by atomic mass is 35.5. The van der Waals surface area contributed by atoms with Crippen molar-refractivity contribution in [1.82, 2.24) is 10.2 Å². The molecule has 0 saturated carbocycles. The van der Waals surface area contributed by atoms with Gasteiger partial charge in [0.25, 0.3) is 5.91 Å². The summed E-state index contributed by atoms with van der Waals surface area (Å²) < 4.78 is 13.0. The predicted molar refractivity (Wildman–Crippen MR) is 100 cm³/mol. The smallest absolute Gasteiger partial charge is 0.251 e. The number of rotatable bonds is 6. The van der Waals surface area contributed by atoms with Gasteiger partial charge in [0, 0.05) is 24.2 Å². The minimum absolute atomic E-state index is 0.0885. The molecule has 1 atom stereocenters. The van der Waals surface area contributed by atoms with Gasteiger partial charge in [-0.15, -0.1) is 0 Å². The number of benzene rings is 2. The average Bonchev–Trinajstić information content (AvgIpc) is 2.61.